The Morgan fingerprint density at radius 3 is 2.39 bits per heavy atom. The number of thiocarbonyl (C=S) groups is 1. The number of halogens is 2. The van der Waals surface area contributed by atoms with Crippen molar-refractivity contribution in [2.24, 2.45) is 0 Å². The third-order valence-corrected chi connectivity index (χ3v) is 2.83. The first-order valence-electron chi connectivity index (χ1n) is 5.39. The van der Waals surface area contributed by atoms with Gasteiger partial charge >= 0.3 is 0 Å². The normalized spacial score (nSPS) is 10.2. The van der Waals surface area contributed by atoms with Gasteiger partial charge in [-0.1, -0.05) is 42.0 Å². The van der Waals surface area contributed by atoms with Gasteiger partial charge in [0.15, 0.2) is 0 Å². The van der Waals surface area contributed by atoms with E-state index < -0.39 is 11.6 Å². The molecule has 0 amide bonds. The molecule has 0 atom stereocenters. The lowest BCUT2D eigenvalue weighted by Crippen LogP contribution is -2.11. The van der Waals surface area contributed by atoms with Gasteiger partial charge in [0.25, 0.3) is 0 Å². The van der Waals surface area contributed by atoms with Gasteiger partial charge < -0.3 is 5.32 Å². The highest BCUT2D eigenvalue weighted by atomic mass is 32.1. The highest BCUT2D eigenvalue weighted by Crippen LogP contribution is 2.17. The third kappa shape index (κ3) is 2.90. The predicted octanol–water partition coefficient (Wildman–Crippen LogP) is 4.06. The molecule has 0 bridgehead atoms. The Hall–Kier alpha value is -1.81. The molecule has 0 aliphatic rings. The largest absolute Gasteiger partial charge is 0.344 e. The van der Waals surface area contributed by atoms with Crippen LogP contribution in [0.25, 0.3) is 0 Å². The van der Waals surface area contributed by atoms with E-state index in [-0.39, 0.29) is 5.69 Å². The molecule has 0 heterocycles. The zero-order chi connectivity index (χ0) is 13.1. The number of benzene rings is 2. The van der Waals surface area contributed by atoms with Gasteiger partial charge in [-0.3, -0.25) is 0 Å². The average molecular weight is 263 g/mol. The summed E-state index contributed by atoms with van der Waals surface area (Å²) in [4.78, 5) is 0.361. The van der Waals surface area contributed by atoms with E-state index in [1.54, 1.807) is 0 Å². The Labute approximate surface area is 109 Å². The molecule has 4 heteroatoms. The summed E-state index contributed by atoms with van der Waals surface area (Å²) in [5.74, 6) is -1.04. The lowest BCUT2D eigenvalue weighted by atomic mass is 10.1. The van der Waals surface area contributed by atoms with Crippen molar-refractivity contribution in [1.29, 1.82) is 0 Å². The van der Waals surface area contributed by atoms with Gasteiger partial charge in [0.2, 0.25) is 0 Å². The predicted molar refractivity (Wildman–Crippen MR) is 72.9 cm³/mol. The maximum Gasteiger partial charge on any atom is 0.146 e. The van der Waals surface area contributed by atoms with Crippen molar-refractivity contribution in [3.63, 3.8) is 0 Å². The zero-order valence-corrected chi connectivity index (χ0v) is 10.5. The van der Waals surface area contributed by atoms with Crippen LogP contribution in [0.2, 0.25) is 0 Å². The Morgan fingerprint density at radius 1 is 1.06 bits per heavy atom. The monoisotopic (exact) mass is 263 g/mol. The fraction of sp³-hybridized carbons (Fsp3) is 0.0714. The van der Waals surface area contributed by atoms with E-state index in [1.165, 1.54) is 0 Å². The van der Waals surface area contributed by atoms with Gasteiger partial charge in [-0.2, -0.15) is 0 Å². The summed E-state index contributed by atoms with van der Waals surface area (Å²) in [5.41, 5.74) is 1.92. The van der Waals surface area contributed by atoms with Gasteiger partial charge in [0, 0.05) is 11.6 Å². The highest BCUT2D eigenvalue weighted by Gasteiger charge is 2.07. The zero-order valence-electron chi connectivity index (χ0n) is 9.71. The second-order valence-corrected chi connectivity index (χ2v) is 4.35. The molecule has 0 aliphatic carbocycles. The topological polar surface area (TPSA) is 12.0 Å². The molecule has 2 aromatic rings. The Balaban J connectivity index is 2.21. The highest BCUT2D eigenvalue weighted by molar-refractivity contribution is 7.81. The van der Waals surface area contributed by atoms with Crippen molar-refractivity contribution in [3.8, 4) is 0 Å². The van der Waals surface area contributed by atoms with Crippen molar-refractivity contribution in [1.82, 2.24) is 0 Å². The van der Waals surface area contributed by atoms with Crippen molar-refractivity contribution in [2.45, 2.75) is 6.92 Å². The molecule has 92 valence electrons. The van der Waals surface area contributed by atoms with Gasteiger partial charge in [-0.25, -0.2) is 8.78 Å². The van der Waals surface area contributed by atoms with Crippen molar-refractivity contribution < 1.29 is 8.78 Å². The average Bonchev–Trinajstić information content (AvgIpc) is 2.34. The van der Waals surface area contributed by atoms with Gasteiger partial charge in [0.1, 0.15) is 16.6 Å². The first kappa shape index (κ1) is 12.6. The van der Waals surface area contributed by atoms with Gasteiger partial charge in [-0.15, -0.1) is 0 Å². The molecule has 0 spiro atoms. The van der Waals surface area contributed by atoms with E-state index >= 15 is 0 Å². The fourth-order valence-corrected chi connectivity index (χ4v) is 1.74. The molecule has 0 fully saturated rings. The molecular formula is C14H11F2NS. The maximum atomic E-state index is 13.4. The van der Waals surface area contributed by atoms with Crippen LogP contribution in [-0.4, -0.2) is 4.99 Å². The van der Waals surface area contributed by atoms with E-state index in [0.717, 1.165) is 29.3 Å². The fourth-order valence-electron chi connectivity index (χ4n) is 1.49. The molecule has 1 N–H and O–H groups in total. The second-order valence-electron chi connectivity index (χ2n) is 3.94. The molecule has 0 aliphatic heterocycles. The minimum atomic E-state index is -0.536. The van der Waals surface area contributed by atoms with Crippen LogP contribution in [0.5, 0.6) is 0 Å². The van der Waals surface area contributed by atoms with Crippen LogP contribution in [0.1, 0.15) is 11.1 Å². The standard InChI is InChI=1S/C14H11F2NS/c1-9-2-4-10(5-3-9)14(18)17-13-8-11(15)6-7-12(13)16/h2-8H,1H3,(H,17,18). The van der Waals surface area contributed by atoms with Gasteiger partial charge in [0.05, 0.1) is 5.69 Å². The summed E-state index contributed by atoms with van der Waals surface area (Å²) >= 11 is 5.15. The number of nitrogens with one attached hydrogen (secondary N) is 1. The van der Waals surface area contributed by atoms with E-state index in [0.29, 0.717) is 4.99 Å². The van der Waals surface area contributed by atoms with E-state index in [9.17, 15) is 8.78 Å². The number of hydrogen-bond acceptors (Lipinski definition) is 1. The lowest BCUT2D eigenvalue weighted by molar-refractivity contribution is 0.604. The molecule has 2 rings (SSSR count). The number of rotatable bonds is 2. The maximum absolute atomic E-state index is 13.4. The second kappa shape index (κ2) is 5.23. The molecule has 0 aromatic heterocycles. The summed E-state index contributed by atoms with van der Waals surface area (Å²) in [7, 11) is 0. The number of hydrogen-bond donors (Lipinski definition) is 1. The quantitative estimate of drug-likeness (QED) is 0.820. The minimum absolute atomic E-state index is 0.0422. The van der Waals surface area contributed by atoms with Gasteiger partial charge in [-0.05, 0) is 19.1 Å². The molecule has 1 nitrogen and oxygen atoms in total. The van der Waals surface area contributed by atoms with Crippen molar-refractivity contribution in [2.75, 3.05) is 5.32 Å². The minimum Gasteiger partial charge on any atom is -0.344 e. The molecule has 2 aromatic carbocycles. The van der Waals surface area contributed by atoms with Crippen LogP contribution in [0, 0.1) is 18.6 Å². The Kier molecular flexibility index (Phi) is 3.67. The summed E-state index contributed by atoms with van der Waals surface area (Å²) in [5, 5.41) is 2.70. The number of anilines is 1. The van der Waals surface area contributed by atoms with E-state index in [2.05, 4.69) is 5.32 Å². The van der Waals surface area contributed by atoms with Crippen LogP contribution in [0.3, 0.4) is 0 Å². The summed E-state index contributed by atoms with van der Waals surface area (Å²) < 4.78 is 26.4. The molecule has 0 saturated carbocycles. The molecular weight excluding hydrogens is 252 g/mol. The van der Waals surface area contributed by atoms with Crippen molar-refractivity contribution in [3.05, 3.63) is 65.2 Å². The lowest BCUT2D eigenvalue weighted by Gasteiger charge is -2.09. The molecule has 0 radical (unpaired) electrons. The SMILES string of the molecule is Cc1ccc(C(=S)Nc2cc(F)ccc2F)cc1. The summed E-state index contributed by atoms with van der Waals surface area (Å²) in [6.45, 7) is 1.96. The van der Waals surface area contributed by atoms with Crippen molar-refractivity contribution >= 4 is 22.9 Å². The third-order valence-electron chi connectivity index (χ3n) is 2.49. The van der Waals surface area contributed by atoms with Crippen LogP contribution < -0.4 is 5.32 Å². The molecule has 0 saturated heterocycles. The summed E-state index contributed by atoms with van der Waals surface area (Å²) in [6, 6.07) is 10.7. The molecule has 0 unspecified atom stereocenters. The Morgan fingerprint density at radius 2 is 1.72 bits per heavy atom. The van der Waals surface area contributed by atoms with Crippen LogP contribution >= 0.6 is 12.2 Å². The van der Waals surface area contributed by atoms with Crippen LogP contribution in [0.4, 0.5) is 14.5 Å². The first-order chi connectivity index (χ1) is 8.56. The van der Waals surface area contributed by atoms with Crippen LogP contribution in [-0.2, 0) is 0 Å². The van der Waals surface area contributed by atoms with E-state index in [1.807, 2.05) is 31.2 Å². The number of aryl methyl sites for hydroxylation is 1. The smallest absolute Gasteiger partial charge is 0.146 e. The molecule has 18 heavy (non-hydrogen) atoms. The van der Waals surface area contributed by atoms with E-state index in [4.69, 9.17) is 12.2 Å². The Bertz CT molecular complexity index is 579. The van der Waals surface area contributed by atoms with Crippen LogP contribution in [0.15, 0.2) is 42.5 Å². The first-order valence-corrected chi connectivity index (χ1v) is 5.80. The summed E-state index contributed by atoms with van der Waals surface area (Å²) in [6.07, 6.45) is 0.